The van der Waals surface area contributed by atoms with Gasteiger partial charge in [0, 0.05) is 6.04 Å². The van der Waals surface area contributed by atoms with E-state index in [0.717, 1.165) is 0 Å². The quantitative estimate of drug-likeness (QED) is 0.471. The summed E-state index contributed by atoms with van der Waals surface area (Å²) in [5.74, 6) is 0.683. The van der Waals surface area contributed by atoms with E-state index in [4.69, 9.17) is 4.74 Å². The van der Waals surface area contributed by atoms with Crippen LogP contribution in [0, 0.1) is 0 Å². The lowest BCUT2D eigenvalue weighted by Gasteiger charge is -2.02. The molecule has 1 unspecified atom stereocenters. The number of likely N-dealkylation sites (N-methyl/N-ethyl adjacent to an activating group) is 1. The van der Waals surface area contributed by atoms with Crippen LogP contribution >= 0.6 is 0 Å². The summed E-state index contributed by atoms with van der Waals surface area (Å²) in [6.07, 6.45) is 3.84. The van der Waals surface area contributed by atoms with Gasteiger partial charge in [-0.1, -0.05) is 12.7 Å². The normalized spacial score (nSPS) is 13.5. The Balaban J connectivity index is 3.63. The highest BCUT2D eigenvalue weighted by atomic mass is 16.5. The van der Waals surface area contributed by atoms with Gasteiger partial charge in [0.25, 0.3) is 0 Å². The summed E-state index contributed by atoms with van der Waals surface area (Å²) in [6.45, 7) is 5.70. The SMILES string of the molecule is C=C(/C=C\C(C)NC)OC. The summed E-state index contributed by atoms with van der Waals surface area (Å²) >= 11 is 0. The van der Waals surface area contributed by atoms with Crippen LogP contribution in [0.15, 0.2) is 24.5 Å². The van der Waals surface area contributed by atoms with Crippen molar-refractivity contribution in [3.63, 3.8) is 0 Å². The predicted octanol–water partition coefficient (Wildman–Crippen LogP) is 1.31. The van der Waals surface area contributed by atoms with Gasteiger partial charge in [0.05, 0.1) is 7.11 Å². The molecule has 0 saturated heterocycles. The molecule has 58 valence electrons. The van der Waals surface area contributed by atoms with Gasteiger partial charge in [-0.2, -0.15) is 0 Å². The van der Waals surface area contributed by atoms with Crippen molar-refractivity contribution in [3.8, 4) is 0 Å². The second-order valence-corrected chi connectivity index (χ2v) is 2.11. The minimum atomic E-state index is 0.367. The van der Waals surface area contributed by atoms with E-state index in [0.29, 0.717) is 11.8 Å². The third-order valence-corrected chi connectivity index (χ3v) is 1.29. The van der Waals surface area contributed by atoms with Gasteiger partial charge in [0.15, 0.2) is 0 Å². The zero-order valence-corrected chi connectivity index (χ0v) is 6.85. The maximum atomic E-state index is 4.84. The van der Waals surface area contributed by atoms with Crippen LogP contribution in [0.4, 0.5) is 0 Å². The molecule has 0 saturated carbocycles. The fourth-order valence-electron chi connectivity index (χ4n) is 0.416. The van der Waals surface area contributed by atoms with Gasteiger partial charge in [-0.05, 0) is 20.0 Å². The number of methoxy groups -OCH3 is 1. The third-order valence-electron chi connectivity index (χ3n) is 1.29. The Kier molecular flexibility index (Phi) is 4.67. The number of allylic oxidation sites excluding steroid dienone is 1. The number of hydrogen-bond donors (Lipinski definition) is 1. The first-order valence-electron chi connectivity index (χ1n) is 3.29. The summed E-state index contributed by atoms with van der Waals surface area (Å²) in [5.41, 5.74) is 0. The molecule has 0 amide bonds. The number of rotatable bonds is 4. The molecule has 2 heteroatoms. The monoisotopic (exact) mass is 141 g/mol. The third kappa shape index (κ3) is 4.15. The molecule has 0 fully saturated rings. The number of nitrogens with one attached hydrogen (secondary N) is 1. The van der Waals surface area contributed by atoms with Gasteiger partial charge in [-0.15, -0.1) is 0 Å². The van der Waals surface area contributed by atoms with E-state index < -0.39 is 0 Å². The average Bonchev–Trinajstić information content (AvgIpc) is 1.99. The molecule has 0 aromatic heterocycles. The van der Waals surface area contributed by atoms with Gasteiger partial charge in [-0.25, -0.2) is 0 Å². The van der Waals surface area contributed by atoms with E-state index in [1.54, 1.807) is 7.11 Å². The topological polar surface area (TPSA) is 21.3 Å². The smallest absolute Gasteiger partial charge is 0.111 e. The molecule has 0 spiro atoms. The first-order valence-corrected chi connectivity index (χ1v) is 3.29. The van der Waals surface area contributed by atoms with Crippen LogP contribution in [0.3, 0.4) is 0 Å². The Hall–Kier alpha value is -0.760. The summed E-state index contributed by atoms with van der Waals surface area (Å²) in [5, 5.41) is 3.06. The largest absolute Gasteiger partial charge is 0.497 e. The summed E-state index contributed by atoms with van der Waals surface area (Å²) in [6, 6.07) is 0.367. The van der Waals surface area contributed by atoms with E-state index in [1.807, 2.05) is 19.2 Å². The van der Waals surface area contributed by atoms with Crippen LogP contribution in [0.2, 0.25) is 0 Å². The molecule has 1 N–H and O–H groups in total. The number of ether oxygens (including phenoxy) is 1. The summed E-state index contributed by atoms with van der Waals surface area (Å²) in [7, 11) is 3.52. The average molecular weight is 141 g/mol. The van der Waals surface area contributed by atoms with E-state index in [-0.39, 0.29) is 0 Å². The molecular formula is C8H15NO. The zero-order chi connectivity index (χ0) is 7.98. The summed E-state index contributed by atoms with van der Waals surface area (Å²) < 4.78 is 4.84. The van der Waals surface area contributed by atoms with E-state index in [1.165, 1.54) is 0 Å². The van der Waals surface area contributed by atoms with Crippen LogP contribution in [-0.2, 0) is 4.74 Å². The van der Waals surface area contributed by atoms with E-state index in [9.17, 15) is 0 Å². The fraction of sp³-hybridized carbons (Fsp3) is 0.500. The van der Waals surface area contributed by atoms with E-state index in [2.05, 4.69) is 18.8 Å². The first kappa shape index (κ1) is 9.24. The standard InChI is InChI=1S/C8H15NO/c1-7(9-3)5-6-8(2)10-4/h5-7,9H,2H2,1,3-4H3/b6-5-. The molecule has 0 aromatic rings. The highest BCUT2D eigenvalue weighted by Crippen LogP contribution is 1.93. The van der Waals surface area contributed by atoms with Crippen LogP contribution in [0.25, 0.3) is 0 Å². The van der Waals surface area contributed by atoms with Crippen LogP contribution in [0.5, 0.6) is 0 Å². The molecule has 0 aliphatic heterocycles. The second kappa shape index (κ2) is 5.06. The number of hydrogen-bond acceptors (Lipinski definition) is 2. The van der Waals surface area contributed by atoms with Gasteiger partial charge in [-0.3, -0.25) is 0 Å². The van der Waals surface area contributed by atoms with Crippen LogP contribution in [-0.4, -0.2) is 20.2 Å². The Morgan fingerprint density at radius 1 is 1.70 bits per heavy atom. The molecule has 0 rings (SSSR count). The van der Waals surface area contributed by atoms with Crippen molar-refractivity contribution in [2.24, 2.45) is 0 Å². The molecule has 2 nitrogen and oxygen atoms in total. The molecular weight excluding hydrogens is 126 g/mol. The lowest BCUT2D eigenvalue weighted by molar-refractivity contribution is 0.308. The van der Waals surface area contributed by atoms with Crippen molar-refractivity contribution < 1.29 is 4.74 Å². The Bertz CT molecular complexity index is 129. The first-order chi connectivity index (χ1) is 4.70. The highest BCUT2D eigenvalue weighted by molar-refractivity contribution is 5.09. The second-order valence-electron chi connectivity index (χ2n) is 2.11. The summed E-state index contributed by atoms with van der Waals surface area (Å²) in [4.78, 5) is 0. The molecule has 0 bridgehead atoms. The van der Waals surface area contributed by atoms with Crippen molar-refractivity contribution in [2.75, 3.05) is 14.2 Å². The van der Waals surface area contributed by atoms with Gasteiger partial charge in [0.1, 0.15) is 5.76 Å². The lowest BCUT2D eigenvalue weighted by Crippen LogP contribution is -2.17. The van der Waals surface area contributed by atoms with Crippen LogP contribution < -0.4 is 5.32 Å². The van der Waals surface area contributed by atoms with Gasteiger partial charge >= 0.3 is 0 Å². The van der Waals surface area contributed by atoms with Crippen molar-refractivity contribution in [1.29, 1.82) is 0 Å². The Morgan fingerprint density at radius 2 is 2.30 bits per heavy atom. The Morgan fingerprint density at radius 3 is 2.70 bits per heavy atom. The molecule has 1 atom stereocenters. The molecule has 0 heterocycles. The zero-order valence-electron chi connectivity index (χ0n) is 6.85. The molecule has 0 aromatic carbocycles. The minimum absolute atomic E-state index is 0.367. The molecule has 0 aliphatic carbocycles. The van der Waals surface area contributed by atoms with Crippen molar-refractivity contribution in [1.82, 2.24) is 5.32 Å². The minimum Gasteiger partial charge on any atom is -0.497 e. The molecule has 10 heavy (non-hydrogen) atoms. The van der Waals surface area contributed by atoms with Gasteiger partial charge in [0.2, 0.25) is 0 Å². The van der Waals surface area contributed by atoms with Crippen LogP contribution in [0.1, 0.15) is 6.92 Å². The maximum absolute atomic E-state index is 4.84. The lowest BCUT2D eigenvalue weighted by atomic mass is 10.3. The van der Waals surface area contributed by atoms with Crippen molar-refractivity contribution in [2.45, 2.75) is 13.0 Å². The highest BCUT2D eigenvalue weighted by Gasteiger charge is 1.88. The van der Waals surface area contributed by atoms with Gasteiger partial charge < -0.3 is 10.1 Å². The van der Waals surface area contributed by atoms with E-state index >= 15 is 0 Å². The molecule has 0 aliphatic rings. The van der Waals surface area contributed by atoms with Crippen molar-refractivity contribution in [3.05, 3.63) is 24.5 Å². The van der Waals surface area contributed by atoms with Crippen molar-refractivity contribution >= 4 is 0 Å². The fourth-order valence-corrected chi connectivity index (χ4v) is 0.416. The Labute approximate surface area is 62.6 Å². The maximum Gasteiger partial charge on any atom is 0.111 e. The predicted molar refractivity (Wildman–Crippen MR) is 43.8 cm³/mol. The molecule has 0 radical (unpaired) electrons.